The minimum absolute atomic E-state index is 0.0653. The normalized spacial score (nSPS) is 10.2. The minimum atomic E-state index is -0.822. The third-order valence-corrected chi connectivity index (χ3v) is 2.74. The number of hydrogen-bond acceptors (Lipinski definition) is 8. The van der Waals surface area contributed by atoms with Crippen molar-refractivity contribution in [1.29, 1.82) is 0 Å². The third kappa shape index (κ3) is 2.65. The Morgan fingerprint density at radius 1 is 1.05 bits per heavy atom. The molecule has 2 rings (SSSR count). The fraction of sp³-hybridized carbons (Fsp3) is 0.100. The molecule has 1 heterocycles. The van der Waals surface area contributed by atoms with Gasteiger partial charge in [-0.15, -0.1) is 4.68 Å². The molecule has 2 aromatic rings. The lowest BCUT2D eigenvalue weighted by Crippen LogP contribution is -2.02. The van der Waals surface area contributed by atoms with Crippen LogP contribution in [-0.2, 0) is 7.05 Å². The first kappa shape index (κ1) is 14.8. The number of nitrogens with zero attached hydrogens (tertiary/aromatic N) is 5. The SMILES string of the molecule is Cn1ncc(Nc2ccc([N+](=O)[O-])cc2[N+](=O)[O-])c1[N+](=O)[O-]. The molecule has 1 N–H and O–H groups in total. The van der Waals surface area contributed by atoms with Crippen LogP contribution in [0.25, 0.3) is 0 Å². The summed E-state index contributed by atoms with van der Waals surface area (Å²) in [5.74, 6) is -0.396. The molecular formula is C10H8N6O6. The van der Waals surface area contributed by atoms with Gasteiger partial charge in [-0.25, -0.2) is 0 Å². The van der Waals surface area contributed by atoms with E-state index >= 15 is 0 Å². The van der Waals surface area contributed by atoms with Crippen LogP contribution in [0, 0.1) is 30.3 Å². The van der Waals surface area contributed by atoms with Crippen LogP contribution in [0.15, 0.2) is 24.4 Å². The standard InChI is InChI=1S/C10H8N6O6/c1-13-10(16(21)22)8(5-11-13)12-7-3-2-6(14(17)18)4-9(7)15(19)20/h2-5,12H,1H3. The number of hydrogen-bond donors (Lipinski definition) is 1. The predicted octanol–water partition coefficient (Wildman–Crippen LogP) is 1.89. The van der Waals surface area contributed by atoms with Crippen molar-refractivity contribution in [3.63, 3.8) is 0 Å². The average molecular weight is 308 g/mol. The van der Waals surface area contributed by atoms with E-state index in [0.29, 0.717) is 0 Å². The molecule has 1 aromatic carbocycles. The highest BCUT2D eigenvalue weighted by Gasteiger charge is 2.24. The van der Waals surface area contributed by atoms with Gasteiger partial charge in [0.1, 0.15) is 18.9 Å². The number of nitro benzene ring substituents is 2. The fourth-order valence-electron chi connectivity index (χ4n) is 1.77. The molecule has 12 heteroatoms. The number of benzene rings is 1. The van der Waals surface area contributed by atoms with Gasteiger partial charge in [0.05, 0.1) is 15.9 Å². The summed E-state index contributed by atoms with van der Waals surface area (Å²) in [7, 11) is 1.34. The maximum absolute atomic E-state index is 11.0. The van der Waals surface area contributed by atoms with E-state index in [1.807, 2.05) is 0 Å². The molecular weight excluding hydrogens is 300 g/mol. The van der Waals surface area contributed by atoms with Crippen LogP contribution < -0.4 is 5.32 Å². The first-order valence-electron chi connectivity index (χ1n) is 5.67. The molecule has 0 unspecified atom stereocenters. The van der Waals surface area contributed by atoms with Gasteiger partial charge in [-0.05, 0) is 11.0 Å². The topological polar surface area (TPSA) is 159 Å². The number of non-ortho nitro benzene ring substituents is 1. The van der Waals surface area contributed by atoms with Crippen molar-refractivity contribution in [2.24, 2.45) is 7.05 Å². The maximum atomic E-state index is 11.0. The number of aromatic nitrogens is 2. The molecule has 12 nitrogen and oxygen atoms in total. The van der Waals surface area contributed by atoms with E-state index in [1.54, 1.807) is 0 Å². The largest absolute Gasteiger partial charge is 0.368 e. The highest BCUT2D eigenvalue weighted by atomic mass is 16.6. The van der Waals surface area contributed by atoms with Gasteiger partial charge in [0, 0.05) is 6.07 Å². The van der Waals surface area contributed by atoms with E-state index in [9.17, 15) is 30.3 Å². The summed E-state index contributed by atoms with van der Waals surface area (Å²) in [6.07, 6.45) is 1.13. The van der Waals surface area contributed by atoms with Crippen LogP contribution in [0.2, 0.25) is 0 Å². The third-order valence-electron chi connectivity index (χ3n) is 2.74. The molecule has 0 aliphatic rings. The second-order valence-corrected chi connectivity index (χ2v) is 4.10. The number of nitrogens with one attached hydrogen (secondary N) is 1. The molecule has 0 fully saturated rings. The first-order chi connectivity index (χ1) is 10.3. The molecule has 0 atom stereocenters. The summed E-state index contributed by atoms with van der Waals surface area (Å²) in [6.45, 7) is 0. The Kier molecular flexibility index (Phi) is 3.66. The lowest BCUT2D eigenvalue weighted by Gasteiger charge is -2.05. The van der Waals surface area contributed by atoms with Crippen LogP contribution in [0.4, 0.5) is 28.6 Å². The van der Waals surface area contributed by atoms with Crippen molar-refractivity contribution in [2.45, 2.75) is 0 Å². The number of rotatable bonds is 5. The van der Waals surface area contributed by atoms with Gasteiger partial charge in [-0.3, -0.25) is 20.2 Å². The van der Waals surface area contributed by atoms with Gasteiger partial charge in [0.25, 0.3) is 11.4 Å². The Balaban J connectivity index is 2.48. The van der Waals surface area contributed by atoms with Crippen LogP contribution in [-0.4, -0.2) is 24.6 Å². The molecule has 114 valence electrons. The molecule has 0 saturated carbocycles. The van der Waals surface area contributed by atoms with Gasteiger partial charge < -0.3 is 15.4 Å². The zero-order valence-electron chi connectivity index (χ0n) is 11.0. The summed E-state index contributed by atoms with van der Waals surface area (Å²) in [5, 5.41) is 38.8. The first-order valence-corrected chi connectivity index (χ1v) is 5.67. The van der Waals surface area contributed by atoms with E-state index in [4.69, 9.17) is 0 Å². The Hall–Kier alpha value is -3.57. The van der Waals surface area contributed by atoms with Crippen molar-refractivity contribution in [3.05, 3.63) is 54.7 Å². The Labute approximate surface area is 121 Å². The van der Waals surface area contributed by atoms with Crippen molar-refractivity contribution < 1.29 is 14.8 Å². The predicted molar refractivity (Wildman–Crippen MR) is 72.9 cm³/mol. The van der Waals surface area contributed by atoms with E-state index in [1.165, 1.54) is 7.05 Å². The number of anilines is 2. The molecule has 0 aliphatic carbocycles. The Morgan fingerprint density at radius 2 is 1.73 bits per heavy atom. The quantitative estimate of drug-likeness (QED) is 0.647. The monoisotopic (exact) mass is 308 g/mol. The molecule has 0 amide bonds. The van der Waals surface area contributed by atoms with Crippen molar-refractivity contribution >= 4 is 28.6 Å². The molecule has 0 aliphatic heterocycles. The second kappa shape index (κ2) is 5.43. The van der Waals surface area contributed by atoms with Crippen LogP contribution >= 0.6 is 0 Å². The molecule has 0 radical (unpaired) electrons. The van der Waals surface area contributed by atoms with Gasteiger partial charge >= 0.3 is 5.82 Å². The van der Waals surface area contributed by atoms with Crippen molar-refractivity contribution in [3.8, 4) is 0 Å². The summed E-state index contributed by atoms with van der Waals surface area (Å²) in [6, 6.07) is 2.93. The zero-order valence-corrected chi connectivity index (χ0v) is 11.0. The highest BCUT2D eigenvalue weighted by molar-refractivity contribution is 5.74. The summed E-state index contributed by atoms with van der Waals surface area (Å²) < 4.78 is 0.986. The molecule has 0 spiro atoms. The van der Waals surface area contributed by atoms with E-state index < -0.39 is 32.0 Å². The summed E-state index contributed by atoms with van der Waals surface area (Å²) in [4.78, 5) is 30.3. The summed E-state index contributed by atoms with van der Waals surface area (Å²) >= 11 is 0. The van der Waals surface area contributed by atoms with Gasteiger partial charge in [-0.2, -0.15) is 0 Å². The fourth-order valence-corrected chi connectivity index (χ4v) is 1.77. The Morgan fingerprint density at radius 3 is 2.27 bits per heavy atom. The van der Waals surface area contributed by atoms with Gasteiger partial charge in [-0.1, -0.05) is 5.10 Å². The number of nitro groups is 3. The molecule has 1 aromatic heterocycles. The lowest BCUT2D eigenvalue weighted by atomic mass is 10.2. The van der Waals surface area contributed by atoms with Crippen molar-refractivity contribution in [2.75, 3.05) is 5.32 Å². The van der Waals surface area contributed by atoms with Crippen LogP contribution in [0.1, 0.15) is 0 Å². The van der Waals surface area contributed by atoms with Crippen molar-refractivity contribution in [1.82, 2.24) is 9.78 Å². The van der Waals surface area contributed by atoms with Gasteiger partial charge in [0.15, 0.2) is 5.69 Å². The lowest BCUT2D eigenvalue weighted by molar-refractivity contribution is -0.393. The van der Waals surface area contributed by atoms with Crippen LogP contribution in [0.5, 0.6) is 0 Å². The smallest absolute Gasteiger partial charge is 0.358 e. The average Bonchev–Trinajstić information content (AvgIpc) is 2.79. The number of aryl methyl sites for hydroxylation is 1. The second-order valence-electron chi connectivity index (χ2n) is 4.10. The highest BCUT2D eigenvalue weighted by Crippen LogP contribution is 2.34. The van der Waals surface area contributed by atoms with E-state index in [0.717, 1.165) is 29.1 Å². The van der Waals surface area contributed by atoms with Crippen LogP contribution in [0.3, 0.4) is 0 Å². The van der Waals surface area contributed by atoms with E-state index in [2.05, 4.69) is 10.4 Å². The molecule has 0 saturated heterocycles. The maximum Gasteiger partial charge on any atom is 0.368 e. The molecule has 0 bridgehead atoms. The molecule has 22 heavy (non-hydrogen) atoms. The van der Waals surface area contributed by atoms with E-state index in [-0.39, 0.29) is 11.4 Å². The summed E-state index contributed by atoms with van der Waals surface area (Å²) in [5.41, 5.74) is -1.22. The Bertz CT molecular complexity index is 784. The van der Waals surface area contributed by atoms with Gasteiger partial charge in [0.2, 0.25) is 0 Å². The zero-order chi connectivity index (χ0) is 16.4. The minimum Gasteiger partial charge on any atom is -0.358 e.